The maximum Gasteiger partial charge on any atom is 0.240 e. The van der Waals surface area contributed by atoms with E-state index in [1.165, 1.54) is 0 Å². The lowest BCUT2D eigenvalue weighted by Crippen LogP contribution is -2.44. The van der Waals surface area contributed by atoms with E-state index in [0.717, 1.165) is 24.9 Å². The van der Waals surface area contributed by atoms with Crippen LogP contribution in [0.3, 0.4) is 0 Å². The molecule has 1 aliphatic heterocycles. The van der Waals surface area contributed by atoms with Crippen LogP contribution in [0.2, 0.25) is 0 Å². The van der Waals surface area contributed by atoms with Gasteiger partial charge >= 0.3 is 0 Å². The second-order valence-electron chi connectivity index (χ2n) is 6.08. The van der Waals surface area contributed by atoms with Crippen LogP contribution < -0.4 is 15.4 Å². The second kappa shape index (κ2) is 9.36. The Morgan fingerprint density at radius 1 is 1.25 bits per heavy atom. The van der Waals surface area contributed by atoms with E-state index < -0.39 is 10.0 Å². The summed E-state index contributed by atoms with van der Waals surface area (Å²) >= 11 is 0. The van der Waals surface area contributed by atoms with Crippen LogP contribution in [0.4, 0.5) is 0 Å². The van der Waals surface area contributed by atoms with Gasteiger partial charge in [0.1, 0.15) is 0 Å². The molecule has 1 aromatic carbocycles. The molecule has 0 bridgehead atoms. The lowest BCUT2D eigenvalue weighted by molar-refractivity contribution is -0.126. The molecule has 1 aliphatic rings. The summed E-state index contributed by atoms with van der Waals surface area (Å²) in [6.45, 7) is 5.29. The van der Waals surface area contributed by atoms with Gasteiger partial charge in [0.25, 0.3) is 0 Å². The number of piperidine rings is 1. The highest BCUT2D eigenvalue weighted by Gasteiger charge is 2.24. The van der Waals surface area contributed by atoms with Crippen molar-refractivity contribution >= 4 is 28.3 Å². The fourth-order valence-electron chi connectivity index (χ4n) is 2.69. The van der Waals surface area contributed by atoms with Crippen molar-refractivity contribution in [2.45, 2.75) is 37.6 Å². The number of nitrogens with one attached hydrogen (secondary N) is 3. The molecule has 0 aliphatic carbocycles. The molecule has 3 N–H and O–H groups in total. The van der Waals surface area contributed by atoms with Gasteiger partial charge in [-0.2, -0.15) is 0 Å². The van der Waals surface area contributed by atoms with Crippen molar-refractivity contribution in [2.75, 3.05) is 19.6 Å². The summed E-state index contributed by atoms with van der Waals surface area (Å²) < 4.78 is 26.7. The van der Waals surface area contributed by atoms with Crippen LogP contribution in [-0.4, -0.2) is 40.0 Å². The largest absolute Gasteiger partial charge is 0.355 e. The molecule has 1 amide bonds. The van der Waals surface area contributed by atoms with Crippen LogP contribution in [0.1, 0.15) is 25.3 Å². The quantitative estimate of drug-likeness (QED) is 0.652. The summed E-state index contributed by atoms with van der Waals surface area (Å²) in [5, 5.41) is 6.12. The monoisotopic (exact) mass is 375 g/mol. The van der Waals surface area contributed by atoms with E-state index in [0.29, 0.717) is 12.6 Å². The highest BCUT2D eigenvalue weighted by atomic mass is 35.5. The van der Waals surface area contributed by atoms with E-state index in [2.05, 4.69) is 22.3 Å². The molecule has 2 rings (SSSR count). The minimum atomic E-state index is -3.52. The van der Waals surface area contributed by atoms with Crippen molar-refractivity contribution in [1.82, 2.24) is 15.4 Å². The normalized spacial score (nSPS) is 20.9. The van der Waals surface area contributed by atoms with Crippen molar-refractivity contribution in [1.29, 1.82) is 0 Å². The van der Waals surface area contributed by atoms with Crippen LogP contribution >= 0.6 is 12.4 Å². The fourth-order valence-corrected chi connectivity index (χ4v) is 3.72. The Morgan fingerprint density at radius 2 is 1.92 bits per heavy atom. The minimum absolute atomic E-state index is 0. The lowest BCUT2D eigenvalue weighted by atomic mass is 9.92. The number of sulfonamides is 1. The summed E-state index contributed by atoms with van der Waals surface area (Å²) in [7, 11) is -3.52. The first kappa shape index (κ1) is 20.9. The molecule has 0 radical (unpaired) electrons. The van der Waals surface area contributed by atoms with Gasteiger partial charge in [-0.25, -0.2) is 13.1 Å². The molecule has 2 atom stereocenters. The van der Waals surface area contributed by atoms with Crippen LogP contribution in [0.25, 0.3) is 0 Å². The highest BCUT2D eigenvalue weighted by Crippen LogP contribution is 2.15. The number of carbonyl (C=O) groups excluding carboxylic acids is 1. The van der Waals surface area contributed by atoms with Gasteiger partial charge in [0.05, 0.1) is 4.90 Å². The van der Waals surface area contributed by atoms with Crippen LogP contribution in [0, 0.1) is 12.8 Å². The Balaban J connectivity index is 0.00000288. The molecule has 6 nitrogen and oxygen atoms in total. The number of aryl methyl sites for hydroxylation is 1. The fraction of sp³-hybridized carbons (Fsp3) is 0.562. The number of carbonyl (C=O) groups is 1. The first-order valence-electron chi connectivity index (χ1n) is 7.96. The van der Waals surface area contributed by atoms with Crippen molar-refractivity contribution in [3.8, 4) is 0 Å². The van der Waals surface area contributed by atoms with E-state index in [-0.39, 0.29) is 35.7 Å². The van der Waals surface area contributed by atoms with Gasteiger partial charge < -0.3 is 10.6 Å². The van der Waals surface area contributed by atoms with Crippen molar-refractivity contribution < 1.29 is 13.2 Å². The molecule has 0 saturated carbocycles. The van der Waals surface area contributed by atoms with Gasteiger partial charge in [-0.15, -0.1) is 12.4 Å². The van der Waals surface area contributed by atoms with Gasteiger partial charge in [-0.05, 0) is 45.4 Å². The van der Waals surface area contributed by atoms with Crippen molar-refractivity contribution in [2.24, 2.45) is 5.92 Å². The molecule has 0 unspecified atom stereocenters. The average Bonchev–Trinajstić information content (AvgIpc) is 2.52. The smallest absolute Gasteiger partial charge is 0.240 e. The molecule has 1 fully saturated rings. The third-order valence-corrected chi connectivity index (χ3v) is 5.52. The molecule has 1 saturated heterocycles. The van der Waals surface area contributed by atoms with Gasteiger partial charge in [-0.1, -0.05) is 17.7 Å². The zero-order valence-electron chi connectivity index (χ0n) is 14.0. The third-order valence-electron chi connectivity index (χ3n) is 4.04. The predicted molar refractivity (Wildman–Crippen MR) is 96.8 cm³/mol. The Kier molecular flexibility index (Phi) is 8.15. The van der Waals surface area contributed by atoms with Crippen molar-refractivity contribution in [3.05, 3.63) is 29.8 Å². The van der Waals surface area contributed by atoms with E-state index in [1.807, 2.05) is 6.92 Å². The maximum atomic E-state index is 12.1. The lowest BCUT2D eigenvalue weighted by Gasteiger charge is -2.27. The molecular weight excluding hydrogens is 350 g/mol. The summed E-state index contributed by atoms with van der Waals surface area (Å²) in [6, 6.07) is 7.02. The number of hydrogen-bond donors (Lipinski definition) is 3. The number of halogens is 1. The molecule has 24 heavy (non-hydrogen) atoms. The highest BCUT2D eigenvalue weighted by molar-refractivity contribution is 7.89. The standard InChI is InChI=1S/C16H25N3O3S.ClH/c1-12-3-5-15(6-4-12)23(21,22)19-10-9-18-16(20)14-7-8-17-13(2)11-14;/h3-6,13-14,17,19H,7-11H2,1-2H3,(H,18,20);1H/t13-,14-;/m0./s1. The predicted octanol–water partition coefficient (Wildman–Crippen LogP) is 1.20. The third kappa shape index (κ3) is 6.05. The second-order valence-corrected chi connectivity index (χ2v) is 7.85. The van der Waals surface area contributed by atoms with Crippen LogP contribution in [-0.2, 0) is 14.8 Å². The molecule has 0 spiro atoms. The summed E-state index contributed by atoms with van der Waals surface area (Å²) in [6.07, 6.45) is 1.65. The summed E-state index contributed by atoms with van der Waals surface area (Å²) in [5.74, 6) is 0.0211. The number of amides is 1. The van der Waals surface area contributed by atoms with Crippen molar-refractivity contribution in [3.63, 3.8) is 0 Å². The molecule has 1 heterocycles. The maximum absolute atomic E-state index is 12.1. The molecule has 8 heteroatoms. The van der Waals surface area contributed by atoms with Gasteiger partial charge in [0.15, 0.2) is 0 Å². The summed E-state index contributed by atoms with van der Waals surface area (Å²) in [5.41, 5.74) is 1.01. The SMILES string of the molecule is Cc1ccc(S(=O)(=O)NCCNC(=O)[C@H]2CCN[C@@H](C)C2)cc1.Cl. The minimum Gasteiger partial charge on any atom is -0.355 e. The Bertz CT molecular complexity index is 634. The molecule has 136 valence electrons. The van der Waals surface area contributed by atoms with Gasteiger partial charge in [0.2, 0.25) is 15.9 Å². The number of benzene rings is 1. The van der Waals surface area contributed by atoms with E-state index >= 15 is 0 Å². The Labute approximate surface area is 150 Å². The molecule has 0 aromatic heterocycles. The number of hydrogen-bond acceptors (Lipinski definition) is 4. The Hall–Kier alpha value is -1.15. The van der Waals surface area contributed by atoms with E-state index in [9.17, 15) is 13.2 Å². The Morgan fingerprint density at radius 3 is 2.54 bits per heavy atom. The zero-order valence-corrected chi connectivity index (χ0v) is 15.7. The topological polar surface area (TPSA) is 87.3 Å². The molecular formula is C16H26ClN3O3S. The summed E-state index contributed by atoms with van der Waals surface area (Å²) in [4.78, 5) is 12.3. The van der Waals surface area contributed by atoms with Crippen LogP contribution in [0.15, 0.2) is 29.2 Å². The zero-order chi connectivity index (χ0) is 16.9. The first-order chi connectivity index (χ1) is 10.9. The van der Waals surface area contributed by atoms with E-state index in [4.69, 9.17) is 0 Å². The average molecular weight is 376 g/mol. The molecule has 1 aromatic rings. The van der Waals surface area contributed by atoms with Gasteiger partial charge in [0, 0.05) is 25.0 Å². The first-order valence-corrected chi connectivity index (χ1v) is 9.44. The van der Waals surface area contributed by atoms with Crippen LogP contribution in [0.5, 0.6) is 0 Å². The number of rotatable bonds is 6. The van der Waals surface area contributed by atoms with Gasteiger partial charge in [-0.3, -0.25) is 4.79 Å². The van der Waals surface area contributed by atoms with E-state index in [1.54, 1.807) is 24.3 Å².